The zero-order chi connectivity index (χ0) is 13.3. The summed E-state index contributed by atoms with van der Waals surface area (Å²) in [7, 11) is 1.36. The Kier molecular flexibility index (Phi) is 3.68. The van der Waals surface area contributed by atoms with E-state index in [1.54, 1.807) is 0 Å². The Bertz CT molecular complexity index is 558. The van der Waals surface area contributed by atoms with Gasteiger partial charge in [0.15, 0.2) is 5.76 Å². The monoisotopic (exact) mass is 291 g/mol. The molecule has 1 aromatic heterocycles. The molecule has 0 saturated heterocycles. The van der Waals surface area contributed by atoms with Crippen LogP contribution in [0.1, 0.15) is 42.0 Å². The van der Waals surface area contributed by atoms with Crippen LogP contribution in [0.3, 0.4) is 0 Å². The van der Waals surface area contributed by atoms with E-state index in [1.165, 1.54) is 13.0 Å². The quantitative estimate of drug-likeness (QED) is 0.866. The van der Waals surface area contributed by atoms with Crippen molar-refractivity contribution >= 4 is 25.6 Å². The molecule has 0 atom stereocenters. The molecular formula is C11H14ClNO4S. The average molecular weight is 292 g/mol. The summed E-state index contributed by atoms with van der Waals surface area (Å²) in [5, 5.41) is 2.82. The molecule has 0 unspecified atom stereocenters. The third-order valence-corrected chi connectivity index (χ3v) is 4.48. The van der Waals surface area contributed by atoms with Gasteiger partial charge in [-0.25, -0.2) is 8.42 Å². The van der Waals surface area contributed by atoms with Crippen LogP contribution < -0.4 is 5.32 Å². The van der Waals surface area contributed by atoms with E-state index >= 15 is 0 Å². The second-order valence-electron chi connectivity index (χ2n) is 4.42. The van der Waals surface area contributed by atoms with E-state index in [0.29, 0.717) is 0 Å². The van der Waals surface area contributed by atoms with Crippen molar-refractivity contribution in [3.05, 3.63) is 17.6 Å². The third kappa shape index (κ3) is 2.87. The smallest absolute Gasteiger partial charge is 0.287 e. The fourth-order valence-electron chi connectivity index (χ4n) is 2.15. The molecule has 18 heavy (non-hydrogen) atoms. The fraction of sp³-hybridized carbons (Fsp3) is 0.545. The van der Waals surface area contributed by atoms with Crippen LogP contribution in [0.4, 0.5) is 0 Å². The minimum absolute atomic E-state index is 0.0152. The van der Waals surface area contributed by atoms with Gasteiger partial charge in [-0.15, -0.1) is 0 Å². The highest BCUT2D eigenvalue weighted by atomic mass is 35.7. The van der Waals surface area contributed by atoms with Crippen LogP contribution in [0.25, 0.3) is 0 Å². The number of aryl methyl sites for hydroxylation is 1. The van der Waals surface area contributed by atoms with Crippen LogP contribution in [-0.2, 0) is 9.05 Å². The standard InChI is InChI=1S/C11H14ClNO4S/c1-7-10(18(12,15)16)6-9(17-7)11(14)13-8-4-2-3-5-8/h6,8H,2-5H2,1H3,(H,13,14). The van der Waals surface area contributed by atoms with Crippen molar-refractivity contribution in [1.82, 2.24) is 5.32 Å². The van der Waals surface area contributed by atoms with Crippen LogP contribution in [0.5, 0.6) is 0 Å². The first-order valence-electron chi connectivity index (χ1n) is 5.74. The molecule has 1 N–H and O–H groups in total. The first kappa shape index (κ1) is 13.4. The van der Waals surface area contributed by atoms with Crippen LogP contribution >= 0.6 is 10.7 Å². The van der Waals surface area contributed by atoms with Gasteiger partial charge in [0.1, 0.15) is 10.7 Å². The summed E-state index contributed by atoms with van der Waals surface area (Å²) in [6.45, 7) is 1.46. The SMILES string of the molecule is Cc1oc(C(=O)NC2CCCC2)cc1S(=O)(=O)Cl. The van der Waals surface area contributed by atoms with Crippen LogP contribution in [-0.4, -0.2) is 20.4 Å². The Morgan fingerprint density at radius 3 is 2.56 bits per heavy atom. The minimum Gasteiger partial charge on any atom is -0.455 e. The molecular weight excluding hydrogens is 278 g/mol. The van der Waals surface area contributed by atoms with Crippen molar-refractivity contribution in [3.8, 4) is 0 Å². The number of furan rings is 1. The molecule has 1 saturated carbocycles. The molecule has 0 bridgehead atoms. The van der Waals surface area contributed by atoms with Crippen molar-refractivity contribution in [2.75, 3.05) is 0 Å². The van der Waals surface area contributed by atoms with Gasteiger partial charge in [0.25, 0.3) is 15.0 Å². The van der Waals surface area contributed by atoms with E-state index in [1.807, 2.05) is 0 Å². The van der Waals surface area contributed by atoms with E-state index in [9.17, 15) is 13.2 Å². The first-order valence-corrected chi connectivity index (χ1v) is 8.05. The maximum absolute atomic E-state index is 11.9. The molecule has 1 amide bonds. The number of amides is 1. The zero-order valence-corrected chi connectivity index (χ0v) is 11.5. The minimum atomic E-state index is -3.87. The van der Waals surface area contributed by atoms with Crippen LogP contribution in [0, 0.1) is 6.92 Å². The lowest BCUT2D eigenvalue weighted by Gasteiger charge is -2.09. The number of hydrogen-bond donors (Lipinski definition) is 1. The predicted molar refractivity (Wildman–Crippen MR) is 66.2 cm³/mol. The summed E-state index contributed by atoms with van der Waals surface area (Å²) in [4.78, 5) is 11.7. The Balaban J connectivity index is 2.16. The van der Waals surface area contributed by atoms with Crippen molar-refractivity contribution in [1.29, 1.82) is 0 Å². The Hall–Kier alpha value is -1.01. The van der Waals surface area contributed by atoms with E-state index in [0.717, 1.165) is 25.7 Å². The van der Waals surface area contributed by atoms with Crippen molar-refractivity contribution in [2.24, 2.45) is 0 Å². The highest BCUT2D eigenvalue weighted by Gasteiger charge is 2.24. The number of nitrogens with one attached hydrogen (secondary N) is 1. The maximum Gasteiger partial charge on any atom is 0.287 e. The summed E-state index contributed by atoms with van der Waals surface area (Å²) in [5.41, 5.74) is 0. The lowest BCUT2D eigenvalue weighted by molar-refractivity contribution is 0.0908. The summed E-state index contributed by atoms with van der Waals surface area (Å²) in [6.07, 6.45) is 4.10. The fourth-order valence-corrected chi connectivity index (χ4v) is 3.24. The number of carbonyl (C=O) groups is 1. The van der Waals surface area contributed by atoms with Gasteiger partial charge < -0.3 is 9.73 Å². The molecule has 0 spiro atoms. The van der Waals surface area contributed by atoms with Gasteiger partial charge in [-0.05, 0) is 19.8 Å². The molecule has 1 aliphatic carbocycles. The highest BCUT2D eigenvalue weighted by molar-refractivity contribution is 8.13. The topological polar surface area (TPSA) is 76.4 Å². The Labute approximate surface area is 110 Å². The largest absolute Gasteiger partial charge is 0.455 e. The summed E-state index contributed by atoms with van der Waals surface area (Å²) in [6, 6.07) is 1.32. The number of rotatable bonds is 3. The molecule has 5 nitrogen and oxygen atoms in total. The highest BCUT2D eigenvalue weighted by Crippen LogP contribution is 2.24. The van der Waals surface area contributed by atoms with E-state index in [2.05, 4.69) is 5.32 Å². The van der Waals surface area contributed by atoms with Gasteiger partial charge in [-0.2, -0.15) is 0 Å². The van der Waals surface area contributed by atoms with Crippen LogP contribution in [0.2, 0.25) is 0 Å². The van der Waals surface area contributed by atoms with Crippen molar-refractivity contribution < 1.29 is 17.6 Å². The molecule has 1 aliphatic rings. The molecule has 2 rings (SSSR count). The Morgan fingerprint density at radius 1 is 1.44 bits per heavy atom. The van der Waals surface area contributed by atoms with Crippen molar-refractivity contribution in [3.63, 3.8) is 0 Å². The number of carbonyl (C=O) groups excluding carboxylic acids is 1. The molecule has 1 fully saturated rings. The molecule has 100 valence electrons. The van der Waals surface area contributed by atoms with Gasteiger partial charge >= 0.3 is 0 Å². The maximum atomic E-state index is 11.9. The molecule has 1 aromatic rings. The normalized spacial score (nSPS) is 17.0. The Morgan fingerprint density at radius 2 is 2.06 bits per heavy atom. The average Bonchev–Trinajstić information content (AvgIpc) is 2.85. The van der Waals surface area contributed by atoms with Gasteiger partial charge in [0.05, 0.1) is 0 Å². The molecule has 0 aliphatic heterocycles. The van der Waals surface area contributed by atoms with Gasteiger partial charge in [-0.1, -0.05) is 12.8 Å². The van der Waals surface area contributed by atoms with Gasteiger partial charge in [0, 0.05) is 22.8 Å². The van der Waals surface area contributed by atoms with Crippen molar-refractivity contribution in [2.45, 2.75) is 43.5 Å². The second-order valence-corrected chi connectivity index (χ2v) is 6.96. The molecule has 0 radical (unpaired) electrons. The summed E-state index contributed by atoms with van der Waals surface area (Å²) < 4.78 is 27.6. The third-order valence-electron chi connectivity index (χ3n) is 3.05. The van der Waals surface area contributed by atoms with E-state index in [-0.39, 0.29) is 22.5 Å². The lowest BCUT2D eigenvalue weighted by atomic mass is 10.2. The number of hydrogen-bond acceptors (Lipinski definition) is 4. The number of halogens is 1. The van der Waals surface area contributed by atoms with E-state index in [4.69, 9.17) is 15.1 Å². The summed E-state index contributed by atoms with van der Waals surface area (Å²) >= 11 is 0. The van der Waals surface area contributed by atoms with E-state index < -0.39 is 15.0 Å². The van der Waals surface area contributed by atoms with Gasteiger partial charge in [-0.3, -0.25) is 4.79 Å². The lowest BCUT2D eigenvalue weighted by Crippen LogP contribution is -2.32. The summed E-state index contributed by atoms with van der Waals surface area (Å²) in [5.74, 6) is -0.281. The molecule has 7 heteroatoms. The van der Waals surface area contributed by atoms with Gasteiger partial charge in [0.2, 0.25) is 0 Å². The molecule has 0 aromatic carbocycles. The zero-order valence-electron chi connectivity index (χ0n) is 9.90. The van der Waals surface area contributed by atoms with Crippen LogP contribution in [0.15, 0.2) is 15.4 Å². The predicted octanol–water partition coefficient (Wildman–Crippen LogP) is 2.19. The second kappa shape index (κ2) is 4.93. The first-order chi connectivity index (χ1) is 8.38. The molecule has 1 heterocycles.